The highest BCUT2D eigenvalue weighted by atomic mass is 32.2. The van der Waals surface area contributed by atoms with E-state index >= 15 is 0 Å². The fraction of sp³-hybridized carbons (Fsp3) is 0.333. The van der Waals surface area contributed by atoms with Gasteiger partial charge in [0.05, 0.1) is 0 Å². The molecule has 2 nitrogen and oxygen atoms in total. The minimum Gasteiger partial charge on any atom is -0.399 e. The molecule has 0 aromatic heterocycles. The molecule has 1 aliphatic carbocycles. The number of hydrogen-bond acceptors (Lipinski definition) is 3. The van der Waals surface area contributed by atoms with Crippen molar-refractivity contribution in [3.63, 3.8) is 0 Å². The average Bonchev–Trinajstić information content (AvgIpc) is 3.08. The van der Waals surface area contributed by atoms with Crippen molar-refractivity contribution in [2.75, 3.05) is 12.0 Å². The topological polar surface area (TPSA) is 38.0 Å². The first kappa shape index (κ1) is 13.2. The van der Waals surface area contributed by atoms with Crippen LogP contribution in [0.1, 0.15) is 19.8 Å². The molecule has 1 fully saturated rings. The Bertz CT molecular complexity index is 521. The summed E-state index contributed by atoms with van der Waals surface area (Å²) >= 11 is 1.72. The molecular weight excluding hydrogens is 240 g/mol. The lowest BCUT2D eigenvalue weighted by atomic mass is 10.1. The van der Waals surface area contributed by atoms with Gasteiger partial charge in [-0.25, -0.2) is 0 Å². The zero-order valence-electron chi connectivity index (χ0n) is 10.9. The van der Waals surface area contributed by atoms with Gasteiger partial charge in [-0.3, -0.25) is 4.72 Å². The minimum atomic E-state index is 0.513. The first-order valence-corrected chi connectivity index (χ1v) is 7.40. The van der Waals surface area contributed by atoms with Crippen molar-refractivity contribution in [3.8, 4) is 0 Å². The normalized spacial score (nSPS) is 15.9. The largest absolute Gasteiger partial charge is 0.399 e. The van der Waals surface area contributed by atoms with E-state index < -0.39 is 0 Å². The summed E-state index contributed by atoms with van der Waals surface area (Å²) in [7, 11) is 0. The number of hydrogen-bond donors (Lipinski definition) is 2. The van der Waals surface area contributed by atoms with Crippen LogP contribution in [-0.4, -0.2) is 11.8 Å². The van der Waals surface area contributed by atoms with Gasteiger partial charge in [0.15, 0.2) is 0 Å². The van der Waals surface area contributed by atoms with E-state index in [0.717, 1.165) is 5.69 Å². The molecule has 1 aliphatic rings. The monoisotopic (exact) mass is 260 g/mol. The molecule has 0 radical (unpaired) electrons. The Balaban J connectivity index is 0.000000149. The maximum atomic E-state index is 5.62. The summed E-state index contributed by atoms with van der Waals surface area (Å²) in [5.74, 6) is 0. The minimum absolute atomic E-state index is 0.513. The van der Waals surface area contributed by atoms with Crippen molar-refractivity contribution < 1.29 is 0 Å². The Morgan fingerprint density at radius 3 is 2.33 bits per heavy atom. The van der Waals surface area contributed by atoms with Gasteiger partial charge in [0.25, 0.3) is 0 Å². The molecule has 0 unspecified atom stereocenters. The molecule has 3 rings (SSSR count). The molecule has 1 saturated carbocycles. The Morgan fingerprint density at radius 1 is 1.11 bits per heavy atom. The number of nitrogen functional groups attached to an aromatic ring is 1. The van der Waals surface area contributed by atoms with E-state index in [9.17, 15) is 0 Å². The fourth-order valence-electron chi connectivity index (χ4n) is 1.74. The summed E-state index contributed by atoms with van der Waals surface area (Å²) in [6.07, 6.45) is 4.78. The number of rotatable bonds is 2. The first-order chi connectivity index (χ1) is 8.63. The molecule has 0 amide bonds. The maximum absolute atomic E-state index is 5.62. The second-order valence-electron chi connectivity index (χ2n) is 4.97. The number of benzene rings is 2. The van der Waals surface area contributed by atoms with E-state index in [1.165, 1.54) is 23.6 Å². The van der Waals surface area contributed by atoms with Gasteiger partial charge in [-0.2, -0.15) is 0 Å². The van der Waals surface area contributed by atoms with Crippen LogP contribution in [0, 0.1) is 0 Å². The molecule has 0 aliphatic heterocycles. The van der Waals surface area contributed by atoms with E-state index in [0.29, 0.717) is 5.54 Å². The molecule has 0 atom stereocenters. The molecule has 0 spiro atoms. The summed E-state index contributed by atoms with van der Waals surface area (Å²) in [5, 5.41) is 2.44. The molecule has 0 bridgehead atoms. The lowest BCUT2D eigenvalue weighted by Crippen LogP contribution is -2.19. The van der Waals surface area contributed by atoms with Gasteiger partial charge < -0.3 is 5.73 Å². The fourth-order valence-corrected chi connectivity index (χ4v) is 2.44. The first-order valence-electron chi connectivity index (χ1n) is 6.17. The van der Waals surface area contributed by atoms with Gasteiger partial charge in [0.2, 0.25) is 0 Å². The van der Waals surface area contributed by atoms with Crippen LogP contribution in [-0.2, 0) is 0 Å². The third kappa shape index (κ3) is 3.65. The summed E-state index contributed by atoms with van der Waals surface area (Å²) in [4.78, 5) is 0. The van der Waals surface area contributed by atoms with E-state index in [1.807, 2.05) is 30.3 Å². The summed E-state index contributed by atoms with van der Waals surface area (Å²) in [5.41, 5.74) is 6.96. The zero-order chi connectivity index (χ0) is 13.0. The molecule has 18 heavy (non-hydrogen) atoms. The number of anilines is 1. The second kappa shape index (κ2) is 5.63. The van der Waals surface area contributed by atoms with Crippen LogP contribution >= 0.6 is 11.9 Å². The van der Waals surface area contributed by atoms with E-state index in [-0.39, 0.29) is 0 Å². The highest BCUT2D eigenvalue weighted by molar-refractivity contribution is 7.96. The molecule has 0 saturated heterocycles. The van der Waals surface area contributed by atoms with E-state index in [1.54, 1.807) is 11.9 Å². The van der Waals surface area contributed by atoms with E-state index in [2.05, 4.69) is 30.0 Å². The molecule has 2 aromatic carbocycles. The van der Waals surface area contributed by atoms with Gasteiger partial charge in [0, 0.05) is 11.2 Å². The molecule has 0 heterocycles. The standard InChI is InChI=1S/C10H9N.C5H11NS/c11-10-6-5-8-3-1-2-4-9(8)7-10;1-5(3-4-5)6-7-2/h1-7H,11H2;6H,3-4H2,1-2H3. The van der Waals surface area contributed by atoms with Crippen LogP contribution in [0.4, 0.5) is 5.69 Å². The third-order valence-corrected chi connectivity index (χ3v) is 3.82. The quantitative estimate of drug-likeness (QED) is 0.636. The molecule has 3 N–H and O–H groups in total. The van der Waals surface area contributed by atoms with Crippen molar-refractivity contribution >= 4 is 28.4 Å². The third-order valence-electron chi connectivity index (χ3n) is 3.12. The SMILES string of the molecule is CSNC1(C)CC1.Nc1ccc2ccccc2c1. The predicted octanol–water partition coefficient (Wildman–Crippen LogP) is 3.83. The zero-order valence-corrected chi connectivity index (χ0v) is 11.8. The second-order valence-corrected chi connectivity index (χ2v) is 5.59. The highest BCUT2D eigenvalue weighted by Gasteiger charge is 2.36. The van der Waals surface area contributed by atoms with Crippen LogP contribution in [0.25, 0.3) is 10.8 Å². The Hall–Kier alpha value is -1.19. The Morgan fingerprint density at radius 2 is 1.78 bits per heavy atom. The number of nitrogens with one attached hydrogen (secondary N) is 1. The predicted molar refractivity (Wildman–Crippen MR) is 82.7 cm³/mol. The Labute approximate surface area is 113 Å². The molecular formula is C15H20N2S. The number of fused-ring (bicyclic) bond motifs is 1. The van der Waals surface area contributed by atoms with Crippen LogP contribution in [0.15, 0.2) is 42.5 Å². The smallest absolute Gasteiger partial charge is 0.0320 e. The van der Waals surface area contributed by atoms with Crippen molar-refractivity contribution in [2.24, 2.45) is 0 Å². The van der Waals surface area contributed by atoms with Crippen LogP contribution in [0.3, 0.4) is 0 Å². The highest BCUT2D eigenvalue weighted by Crippen LogP contribution is 2.35. The number of nitrogens with two attached hydrogens (primary N) is 1. The average molecular weight is 260 g/mol. The van der Waals surface area contributed by atoms with Crippen molar-refractivity contribution in [1.82, 2.24) is 4.72 Å². The van der Waals surface area contributed by atoms with Crippen molar-refractivity contribution in [2.45, 2.75) is 25.3 Å². The van der Waals surface area contributed by atoms with Gasteiger partial charge in [-0.05, 0) is 48.9 Å². The molecule has 2 aromatic rings. The van der Waals surface area contributed by atoms with E-state index in [4.69, 9.17) is 5.73 Å². The van der Waals surface area contributed by atoms with Gasteiger partial charge in [-0.1, -0.05) is 42.3 Å². The summed E-state index contributed by atoms with van der Waals surface area (Å²) < 4.78 is 3.31. The van der Waals surface area contributed by atoms with Gasteiger partial charge in [-0.15, -0.1) is 0 Å². The lowest BCUT2D eigenvalue weighted by Gasteiger charge is -2.04. The van der Waals surface area contributed by atoms with Crippen LogP contribution in [0.2, 0.25) is 0 Å². The van der Waals surface area contributed by atoms with Gasteiger partial charge in [0.1, 0.15) is 0 Å². The molecule has 3 heteroatoms. The van der Waals surface area contributed by atoms with Crippen molar-refractivity contribution in [1.29, 1.82) is 0 Å². The lowest BCUT2D eigenvalue weighted by molar-refractivity contribution is 0.703. The summed E-state index contributed by atoms with van der Waals surface area (Å²) in [6.45, 7) is 2.25. The van der Waals surface area contributed by atoms with Crippen molar-refractivity contribution in [3.05, 3.63) is 42.5 Å². The van der Waals surface area contributed by atoms with Crippen LogP contribution < -0.4 is 10.5 Å². The Kier molecular flexibility index (Phi) is 4.15. The summed E-state index contributed by atoms with van der Waals surface area (Å²) in [6, 6.07) is 14.1. The molecule has 96 valence electrons. The maximum Gasteiger partial charge on any atom is 0.0320 e. The van der Waals surface area contributed by atoms with Crippen LogP contribution in [0.5, 0.6) is 0 Å². The van der Waals surface area contributed by atoms with Gasteiger partial charge >= 0.3 is 0 Å².